The molecule has 3 nitrogen and oxygen atoms in total. The molecule has 0 aliphatic carbocycles. The van der Waals surface area contributed by atoms with Crippen LogP contribution in [0.2, 0.25) is 10.0 Å². The Bertz CT molecular complexity index is 374. The molecular weight excluding hydrogens is 273 g/mol. The molecule has 0 aromatic heterocycles. The highest BCUT2D eigenvalue weighted by Crippen LogP contribution is 2.25. The summed E-state index contributed by atoms with van der Waals surface area (Å²) in [6.45, 7) is 3.39. The van der Waals surface area contributed by atoms with Crippen LogP contribution in [0.4, 0.5) is 0 Å². The molecule has 102 valence electrons. The van der Waals surface area contributed by atoms with Gasteiger partial charge in [0.15, 0.2) is 0 Å². The lowest BCUT2D eigenvalue weighted by atomic mass is 10.1. The Morgan fingerprint density at radius 3 is 2.67 bits per heavy atom. The predicted octanol–water partition coefficient (Wildman–Crippen LogP) is 2.63. The summed E-state index contributed by atoms with van der Waals surface area (Å²) in [7, 11) is 0. The van der Waals surface area contributed by atoms with Gasteiger partial charge in [0.2, 0.25) is 0 Å². The number of hydrogen-bond donors (Lipinski definition) is 3. The minimum absolute atomic E-state index is 0.186. The Morgan fingerprint density at radius 1 is 1.28 bits per heavy atom. The van der Waals surface area contributed by atoms with Crippen molar-refractivity contribution < 1.29 is 10.2 Å². The van der Waals surface area contributed by atoms with E-state index in [1.54, 1.807) is 18.2 Å². The lowest BCUT2D eigenvalue weighted by Gasteiger charge is -2.16. The van der Waals surface area contributed by atoms with Gasteiger partial charge in [0.1, 0.15) is 0 Å². The van der Waals surface area contributed by atoms with E-state index in [1.807, 2.05) is 6.92 Å². The molecule has 18 heavy (non-hydrogen) atoms. The van der Waals surface area contributed by atoms with Gasteiger partial charge in [-0.1, -0.05) is 30.1 Å². The zero-order valence-corrected chi connectivity index (χ0v) is 11.9. The summed E-state index contributed by atoms with van der Waals surface area (Å²) in [5.74, 6) is 0.372. The topological polar surface area (TPSA) is 52.5 Å². The molecule has 0 fully saturated rings. The second kappa shape index (κ2) is 7.97. The van der Waals surface area contributed by atoms with Gasteiger partial charge < -0.3 is 15.5 Å². The number of nitrogens with one attached hydrogen (secondary N) is 1. The SMILES string of the molecule is CC(CCO)CNCC(O)c1cc(Cl)ccc1Cl. The van der Waals surface area contributed by atoms with Crippen LogP contribution < -0.4 is 5.32 Å². The molecule has 0 aliphatic heterocycles. The molecule has 0 heterocycles. The van der Waals surface area contributed by atoms with E-state index in [-0.39, 0.29) is 6.61 Å². The molecule has 0 saturated carbocycles. The third kappa shape index (κ3) is 5.12. The van der Waals surface area contributed by atoms with Crippen molar-refractivity contribution in [3.63, 3.8) is 0 Å². The molecule has 3 N–H and O–H groups in total. The van der Waals surface area contributed by atoms with Crippen LogP contribution in [0.5, 0.6) is 0 Å². The van der Waals surface area contributed by atoms with Crippen LogP contribution in [0.1, 0.15) is 25.0 Å². The van der Waals surface area contributed by atoms with Crippen molar-refractivity contribution in [2.45, 2.75) is 19.4 Å². The van der Waals surface area contributed by atoms with Gasteiger partial charge in [-0.2, -0.15) is 0 Å². The quantitative estimate of drug-likeness (QED) is 0.724. The summed E-state index contributed by atoms with van der Waals surface area (Å²) in [5, 5.41) is 23.0. The molecule has 0 amide bonds. The standard InChI is InChI=1S/C13H19Cl2NO2/c1-9(4-5-17)7-16-8-13(18)11-6-10(14)2-3-12(11)15/h2-3,6,9,13,16-18H,4-5,7-8H2,1H3. The van der Waals surface area contributed by atoms with E-state index in [0.717, 1.165) is 13.0 Å². The van der Waals surface area contributed by atoms with E-state index < -0.39 is 6.10 Å². The van der Waals surface area contributed by atoms with E-state index in [2.05, 4.69) is 5.32 Å². The molecule has 0 bridgehead atoms. The fraction of sp³-hybridized carbons (Fsp3) is 0.538. The summed E-state index contributed by atoms with van der Waals surface area (Å²) in [6, 6.07) is 5.04. The van der Waals surface area contributed by atoms with E-state index in [4.69, 9.17) is 28.3 Å². The summed E-state index contributed by atoms with van der Waals surface area (Å²) < 4.78 is 0. The second-order valence-electron chi connectivity index (χ2n) is 4.46. The first-order valence-corrected chi connectivity index (χ1v) is 6.74. The molecular formula is C13H19Cl2NO2. The molecule has 1 aromatic rings. The molecule has 0 radical (unpaired) electrons. The lowest BCUT2D eigenvalue weighted by molar-refractivity contribution is 0.171. The highest BCUT2D eigenvalue weighted by Gasteiger charge is 2.12. The van der Waals surface area contributed by atoms with Crippen LogP contribution >= 0.6 is 23.2 Å². The smallest absolute Gasteiger partial charge is 0.0929 e. The second-order valence-corrected chi connectivity index (χ2v) is 5.30. The van der Waals surface area contributed by atoms with E-state index in [1.165, 1.54) is 0 Å². The van der Waals surface area contributed by atoms with E-state index in [9.17, 15) is 5.11 Å². The number of hydrogen-bond acceptors (Lipinski definition) is 3. The van der Waals surface area contributed by atoms with E-state index in [0.29, 0.717) is 28.1 Å². The normalized spacial score (nSPS) is 14.5. The van der Waals surface area contributed by atoms with Crippen LogP contribution in [0.3, 0.4) is 0 Å². The van der Waals surface area contributed by atoms with Crippen molar-refractivity contribution >= 4 is 23.2 Å². The van der Waals surface area contributed by atoms with Crippen LogP contribution in [-0.2, 0) is 0 Å². The van der Waals surface area contributed by atoms with Crippen molar-refractivity contribution in [2.75, 3.05) is 19.7 Å². The first-order chi connectivity index (χ1) is 8.54. The molecule has 0 saturated heterocycles. The van der Waals surface area contributed by atoms with Crippen molar-refractivity contribution in [3.05, 3.63) is 33.8 Å². The Labute approximate surface area is 118 Å². The number of benzene rings is 1. The fourth-order valence-electron chi connectivity index (χ4n) is 1.67. The molecule has 2 atom stereocenters. The van der Waals surface area contributed by atoms with Gasteiger partial charge in [0.25, 0.3) is 0 Å². The maximum Gasteiger partial charge on any atom is 0.0929 e. The van der Waals surface area contributed by atoms with Gasteiger partial charge >= 0.3 is 0 Å². The van der Waals surface area contributed by atoms with Crippen LogP contribution in [0.25, 0.3) is 0 Å². The Hall–Kier alpha value is -0.320. The molecule has 0 spiro atoms. The summed E-state index contributed by atoms with van der Waals surface area (Å²) in [4.78, 5) is 0. The van der Waals surface area contributed by atoms with Gasteiger partial charge in [0, 0.05) is 28.8 Å². The third-order valence-electron chi connectivity index (χ3n) is 2.77. The Balaban J connectivity index is 2.45. The average molecular weight is 292 g/mol. The van der Waals surface area contributed by atoms with Gasteiger partial charge in [-0.15, -0.1) is 0 Å². The monoisotopic (exact) mass is 291 g/mol. The van der Waals surface area contributed by atoms with Gasteiger partial charge in [-0.3, -0.25) is 0 Å². The van der Waals surface area contributed by atoms with Crippen molar-refractivity contribution in [3.8, 4) is 0 Å². The van der Waals surface area contributed by atoms with Crippen molar-refractivity contribution in [1.82, 2.24) is 5.32 Å². The number of rotatable bonds is 7. The number of halogens is 2. The zero-order valence-electron chi connectivity index (χ0n) is 10.4. The molecule has 5 heteroatoms. The molecule has 1 rings (SSSR count). The molecule has 1 aromatic carbocycles. The first kappa shape index (κ1) is 15.7. The molecule has 2 unspecified atom stereocenters. The van der Waals surface area contributed by atoms with Crippen molar-refractivity contribution in [1.29, 1.82) is 0 Å². The van der Waals surface area contributed by atoms with Gasteiger partial charge in [-0.25, -0.2) is 0 Å². The van der Waals surface area contributed by atoms with Crippen molar-refractivity contribution in [2.24, 2.45) is 5.92 Å². The summed E-state index contributed by atoms with van der Waals surface area (Å²) in [5.41, 5.74) is 0.631. The third-order valence-corrected chi connectivity index (χ3v) is 3.35. The highest BCUT2D eigenvalue weighted by atomic mass is 35.5. The van der Waals surface area contributed by atoms with E-state index >= 15 is 0 Å². The van der Waals surface area contributed by atoms with Crippen LogP contribution in [0, 0.1) is 5.92 Å². The maximum atomic E-state index is 10.0. The maximum absolute atomic E-state index is 10.0. The van der Waals surface area contributed by atoms with Gasteiger partial charge in [0.05, 0.1) is 6.10 Å². The molecule has 0 aliphatic rings. The highest BCUT2D eigenvalue weighted by molar-refractivity contribution is 6.33. The Morgan fingerprint density at radius 2 is 2.00 bits per heavy atom. The fourth-order valence-corrected chi connectivity index (χ4v) is 2.09. The summed E-state index contributed by atoms with van der Waals surface area (Å²) >= 11 is 11.9. The van der Waals surface area contributed by atoms with Gasteiger partial charge in [-0.05, 0) is 37.1 Å². The minimum atomic E-state index is -0.683. The average Bonchev–Trinajstić information content (AvgIpc) is 2.32. The van der Waals surface area contributed by atoms with Crippen LogP contribution in [0.15, 0.2) is 18.2 Å². The minimum Gasteiger partial charge on any atom is -0.396 e. The van der Waals surface area contributed by atoms with Crippen LogP contribution in [-0.4, -0.2) is 29.9 Å². The number of aliphatic hydroxyl groups is 2. The Kier molecular flexibility index (Phi) is 6.97. The summed E-state index contributed by atoms with van der Waals surface area (Å²) in [6.07, 6.45) is 0.0682. The first-order valence-electron chi connectivity index (χ1n) is 5.99. The lowest BCUT2D eigenvalue weighted by Crippen LogP contribution is -2.26. The predicted molar refractivity (Wildman–Crippen MR) is 75.2 cm³/mol. The largest absolute Gasteiger partial charge is 0.396 e. The zero-order chi connectivity index (χ0) is 13.5. The number of aliphatic hydroxyl groups excluding tert-OH is 2.